The number of alkyl halides is 3. The fraction of sp³-hybridized carbons (Fsp3) is 1.00. The molecule has 0 aromatic rings. The minimum absolute atomic E-state index is 0.556. The van der Waals surface area contributed by atoms with Crippen molar-refractivity contribution in [1.29, 1.82) is 0 Å². The highest BCUT2D eigenvalue weighted by molar-refractivity contribution is 4.43. The average Bonchev–Trinajstić information content (AvgIpc) is 1.59. The standard InChI is InChI=1S/C3H5F3NO/c4-3(5,6)7-1-2-8/h8H,1-2H2. The summed E-state index contributed by atoms with van der Waals surface area (Å²) in [6.45, 7) is -1.12. The van der Waals surface area contributed by atoms with E-state index in [2.05, 4.69) is 5.32 Å². The zero-order chi connectivity index (χ0) is 6.62. The molecule has 0 heterocycles. The molecule has 0 amide bonds. The van der Waals surface area contributed by atoms with Crippen molar-refractivity contribution in [2.75, 3.05) is 13.2 Å². The molecule has 0 atom stereocenters. The topological polar surface area (TPSA) is 34.3 Å². The van der Waals surface area contributed by atoms with Crippen LogP contribution in [-0.4, -0.2) is 24.6 Å². The summed E-state index contributed by atoms with van der Waals surface area (Å²) in [5.74, 6) is 0. The molecule has 0 aliphatic carbocycles. The highest BCUT2D eigenvalue weighted by atomic mass is 19.4. The Kier molecular flexibility index (Phi) is 2.78. The third-order valence-corrected chi connectivity index (χ3v) is 0.391. The van der Waals surface area contributed by atoms with Crippen LogP contribution in [-0.2, 0) is 0 Å². The van der Waals surface area contributed by atoms with Crippen LogP contribution in [0.15, 0.2) is 0 Å². The number of nitrogens with zero attached hydrogens (tertiary/aromatic N) is 1. The first-order valence-corrected chi connectivity index (χ1v) is 1.92. The lowest BCUT2D eigenvalue weighted by molar-refractivity contribution is -0.161. The molecule has 0 unspecified atom stereocenters. The second-order valence-electron chi connectivity index (χ2n) is 1.07. The summed E-state index contributed by atoms with van der Waals surface area (Å²) >= 11 is 0. The molecule has 49 valence electrons. The molecule has 0 aromatic heterocycles. The van der Waals surface area contributed by atoms with E-state index in [4.69, 9.17) is 5.11 Å². The van der Waals surface area contributed by atoms with Gasteiger partial charge in [-0.25, -0.2) is 0 Å². The van der Waals surface area contributed by atoms with Gasteiger partial charge in [0, 0.05) is 6.54 Å². The van der Waals surface area contributed by atoms with Gasteiger partial charge in [0.2, 0.25) is 0 Å². The van der Waals surface area contributed by atoms with Crippen molar-refractivity contribution in [2.24, 2.45) is 0 Å². The van der Waals surface area contributed by atoms with Gasteiger partial charge >= 0.3 is 6.30 Å². The second kappa shape index (κ2) is 2.88. The Hall–Kier alpha value is -0.290. The van der Waals surface area contributed by atoms with Gasteiger partial charge in [0.1, 0.15) is 0 Å². The molecule has 8 heavy (non-hydrogen) atoms. The van der Waals surface area contributed by atoms with Crippen LogP contribution in [0.4, 0.5) is 13.2 Å². The number of aliphatic hydroxyl groups is 1. The highest BCUT2D eigenvalue weighted by Crippen LogP contribution is 2.09. The van der Waals surface area contributed by atoms with Gasteiger partial charge in [0.25, 0.3) is 0 Å². The lowest BCUT2D eigenvalue weighted by Crippen LogP contribution is -2.26. The lowest BCUT2D eigenvalue weighted by Gasteiger charge is -2.01. The first-order chi connectivity index (χ1) is 3.56. The Bertz CT molecular complexity index is 62.0. The largest absolute Gasteiger partial charge is 0.473 e. The van der Waals surface area contributed by atoms with E-state index in [9.17, 15) is 13.2 Å². The predicted molar refractivity (Wildman–Crippen MR) is 20.1 cm³/mol. The fourth-order valence-corrected chi connectivity index (χ4v) is 0.177. The van der Waals surface area contributed by atoms with Crippen LogP contribution >= 0.6 is 0 Å². The quantitative estimate of drug-likeness (QED) is 0.526. The summed E-state index contributed by atoms with van der Waals surface area (Å²) in [4.78, 5) is 0. The Labute approximate surface area is 44.3 Å². The van der Waals surface area contributed by atoms with E-state index in [1.807, 2.05) is 0 Å². The minimum atomic E-state index is -4.48. The van der Waals surface area contributed by atoms with Crippen LogP contribution in [0.1, 0.15) is 0 Å². The zero-order valence-electron chi connectivity index (χ0n) is 3.94. The average molecular weight is 128 g/mol. The van der Waals surface area contributed by atoms with E-state index in [0.29, 0.717) is 0 Å². The molecule has 2 nitrogen and oxygen atoms in total. The summed E-state index contributed by atoms with van der Waals surface area (Å²) in [7, 11) is 0. The smallest absolute Gasteiger partial charge is 0.395 e. The summed E-state index contributed by atoms with van der Waals surface area (Å²) in [5.41, 5.74) is 0. The molecule has 0 bridgehead atoms. The lowest BCUT2D eigenvalue weighted by atomic mass is 10.7. The Morgan fingerprint density at radius 1 is 1.38 bits per heavy atom. The van der Waals surface area contributed by atoms with E-state index < -0.39 is 19.5 Å². The summed E-state index contributed by atoms with van der Waals surface area (Å²) in [5, 5.41) is 9.96. The van der Waals surface area contributed by atoms with Crippen LogP contribution in [0.25, 0.3) is 0 Å². The molecule has 0 fully saturated rings. The van der Waals surface area contributed by atoms with Gasteiger partial charge in [-0.05, 0) is 0 Å². The van der Waals surface area contributed by atoms with Crippen LogP contribution in [0.3, 0.4) is 0 Å². The van der Waals surface area contributed by atoms with Crippen molar-refractivity contribution in [1.82, 2.24) is 5.32 Å². The molecule has 0 saturated carbocycles. The maximum Gasteiger partial charge on any atom is 0.473 e. The van der Waals surface area contributed by atoms with Crippen molar-refractivity contribution >= 4 is 0 Å². The van der Waals surface area contributed by atoms with Crippen LogP contribution < -0.4 is 5.32 Å². The molecule has 0 rings (SSSR count). The molecule has 0 saturated heterocycles. The van der Waals surface area contributed by atoms with Crippen molar-refractivity contribution in [3.8, 4) is 0 Å². The molecule has 1 N–H and O–H groups in total. The number of halogens is 3. The fourth-order valence-electron chi connectivity index (χ4n) is 0.177. The monoisotopic (exact) mass is 128 g/mol. The number of aliphatic hydroxyl groups excluding tert-OH is 1. The van der Waals surface area contributed by atoms with Crippen LogP contribution in [0, 0.1) is 0 Å². The molecule has 0 aromatic carbocycles. The van der Waals surface area contributed by atoms with E-state index in [-0.39, 0.29) is 0 Å². The molecule has 0 aliphatic heterocycles. The number of rotatable bonds is 2. The summed E-state index contributed by atoms with van der Waals surface area (Å²) in [6, 6.07) is 0. The van der Waals surface area contributed by atoms with Crippen LogP contribution in [0.2, 0.25) is 0 Å². The molecular formula is C3H5F3NO. The van der Waals surface area contributed by atoms with Crippen molar-refractivity contribution in [3.05, 3.63) is 0 Å². The Morgan fingerprint density at radius 3 is 2.00 bits per heavy atom. The van der Waals surface area contributed by atoms with Crippen molar-refractivity contribution < 1.29 is 18.3 Å². The van der Waals surface area contributed by atoms with Gasteiger partial charge in [0.05, 0.1) is 6.61 Å². The maximum atomic E-state index is 11.0. The van der Waals surface area contributed by atoms with Gasteiger partial charge in [-0.3, -0.25) is 0 Å². The number of hydrogen-bond donors (Lipinski definition) is 1. The van der Waals surface area contributed by atoms with Gasteiger partial charge in [-0.1, -0.05) is 0 Å². The van der Waals surface area contributed by atoms with E-state index in [0.717, 1.165) is 0 Å². The van der Waals surface area contributed by atoms with Gasteiger partial charge < -0.3 is 5.11 Å². The Balaban J connectivity index is 3.11. The molecule has 5 heteroatoms. The summed E-state index contributed by atoms with van der Waals surface area (Å²) in [6.07, 6.45) is -4.48. The van der Waals surface area contributed by atoms with E-state index >= 15 is 0 Å². The molecule has 0 aliphatic rings. The normalized spacial score (nSPS) is 12.0. The van der Waals surface area contributed by atoms with Crippen LogP contribution in [0.5, 0.6) is 0 Å². The molecular weight excluding hydrogens is 123 g/mol. The minimum Gasteiger partial charge on any atom is -0.395 e. The van der Waals surface area contributed by atoms with Gasteiger partial charge in [-0.2, -0.15) is 13.2 Å². The maximum absolute atomic E-state index is 11.0. The predicted octanol–water partition coefficient (Wildman–Crippen LogP) is 0.103. The SMILES string of the molecule is OCC[N]C(F)(F)F. The molecule has 0 spiro atoms. The Morgan fingerprint density at radius 2 is 1.88 bits per heavy atom. The zero-order valence-corrected chi connectivity index (χ0v) is 3.94. The van der Waals surface area contributed by atoms with Crippen molar-refractivity contribution in [3.63, 3.8) is 0 Å². The van der Waals surface area contributed by atoms with E-state index in [1.54, 1.807) is 0 Å². The van der Waals surface area contributed by atoms with Gasteiger partial charge in [-0.15, -0.1) is 5.32 Å². The second-order valence-corrected chi connectivity index (χ2v) is 1.07. The first-order valence-electron chi connectivity index (χ1n) is 1.92. The molecule has 1 radical (unpaired) electrons. The number of hydrogen-bond acceptors (Lipinski definition) is 1. The third kappa shape index (κ3) is 5.71. The summed E-state index contributed by atoms with van der Waals surface area (Å²) < 4.78 is 32.9. The van der Waals surface area contributed by atoms with Crippen molar-refractivity contribution in [2.45, 2.75) is 6.30 Å². The van der Waals surface area contributed by atoms with E-state index in [1.165, 1.54) is 0 Å². The highest BCUT2D eigenvalue weighted by Gasteiger charge is 2.27. The first kappa shape index (κ1) is 7.71. The third-order valence-electron chi connectivity index (χ3n) is 0.391. The van der Waals surface area contributed by atoms with Gasteiger partial charge in [0.15, 0.2) is 0 Å².